The van der Waals surface area contributed by atoms with Crippen LogP contribution in [0, 0.1) is 5.82 Å². The van der Waals surface area contributed by atoms with Crippen molar-refractivity contribution in [3.05, 3.63) is 54.0 Å². The number of benzene rings is 1. The second-order valence-electron chi connectivity index (χ2n) is 7.91. The molecule has 4 rings (SSSR count). The second kappa shape index (κ2) is 8.85. The minimum atomic E-state index is -0.743. The average molecular weight is 423 g/mol. The molecule has 2 heterocycles. The van der Waals surface area contributed by atoms with Gasteiger partial charge in [0.05, 0.1) is 16.8 Å². The van der Waals surface area contributed by atoms with Gasteiger partial charge in [0.25, 0.3) is 5.91 Å². The van der Waals surface area contributed by atoms with Gasteiger partial charge in [-0.2, -0.15) is 0 Å². The Hall–Kier alpha value is -3.26. The van der Waals surface area contributed by atoms with Gasteiger partial charge in [-0.25, -0.2) is 9.37 Å². The molecule has 0 aliphatic heterocycles. The lowest BCUT2D eigenvalue weighted by molar-refractivity contribution is 0.100. The topological polar surface area (TPSA) is 96.2 Å². The second-order valence-corrected chi connectivity index (χ2v) is 7.91. The summed E-state index contributed by atoms with van der Waals surface area (Å²) in [7, 11) is 3.78. The van der Waals surface area contributed by atoms with Gasteiger partial charge in [0.15, 0.2) is 11.6 Å². The Labute approximate surface area is 180 Å². The summed E-state index contributed by atoms with van der Waals surface area (Å²) < 4.78 is 15.0. The van der Waals surface area contributed by atoms with E-state index in [4.69, 9.17) is 5.73 Å². The number of nitrogens with one attached hydrogen (secondary N) is 2. The van der Waals surface area contributed by atoms with Crippen LogP contribution < -0.4 is 21.3 Å². The summed E-state index contributed by atoms with van der Waals surface area (Å²) in [5.74, 6) is -0.893. The molecule has 8 heteroatoms. The lowest BCUT2D eigenvalue weighted by Gasteiger charge is -2.38. The number of para-hydroxylation sites is 1. The number of hydrogen-bond acceptors (Lipinski definition) is 6. The predicted molar refractivity (Wildman–Crippen MR) is 121 cm³/mol. The molecule has 1 aliphatic carbocycles. The molecule has 0 radical (unpaired) electrons. The number of anilines is 3. The third-order valence-electron chi connectivity index (χ3n) is 6.06. The molecule has 1 amide bonds. The number of carbonyl (C=O) groups excluding carboxylic acids is 1. The van der Waals surface area contributed by atoms with E-state index in [1.165, 1.54) is 6.07 Å². The van der Waals surface area contributed by atoms with Crippen LogP contribution in [0.1, 0.15) is 36.0 Å². The van der Waals surface area contributed by atoms with Gasteiger partial charge in [-0.15, -0.1) is 0 Å². The molecule has 2 aromatic heterocycles. The molecule has 1 fully saturated rings. The Balaban J connectivity index is 1.75. The highest BCUT2D eigenvalue weighted by molar-refractivity contribution is 6.00. The molecule has 3 aromatic rings. The fourth-order valence-corrected chi connectivity index (χ4v) is 4.41. The number of likely N-dealkylation sites (N-methyl/N-ethyl adjacent to an activating group) is 2. The fraction of sp³-hybridized carbons (Fsp3) is 0.348. The number of pyridine rings is 2. The minimum Gasteiger partial charge on any atom is -0.365 e. The van der Waals surface area contributed by atoms with Crippen molar-refractivity contribution in [3.63, 3.8) is 0 Å². The van der Waals surface area contributed by atoms with Crippen LogP contribution in [-0.4, -0.2) is 42.1 Å². The van der Waals surface area contributed by atoms with Gasteiger partial charge in [-0.1, -0.05) is 31.0 Å². The standard InChI is InChI=1S/C23H27FN6O/c1-26-19-9-5-6-10-20(19)30(2)23-16(24)13-15(21(25)31)22(29-23)28-18-11-12-27-17-8-4-3-7-14(17)18/h3-4,7-8,11-13,19-20,26H,5-6,9-10H2,1-2H3,(H2,25,31)(H,27,28,29). The molecule has 4 N–H and O–H groups in total. The van der Waals surface area contributed by atoms with E-state index < -0.39 is 11.7 Å². The first kappa shape index (κ1) is 21.0. The van der Waals surface area contributed by atoms with Crippen LogP contribution in [-0.2, 0) is 0 Å². The van der Waals surface area contributed by atoms with E-state index in [1.807, 2.05) is 43.3 Å². The number of hydrogen-bond donors (Lipinski definition) is 3. The highest BCUT2D eigenvalue weighted by Gasteiger charge is 2.30. The molecular formula is C23H27FN6O. The van der Waals surface area contributed by atoms with Crippen molar-refractivity contribution < 1.29 is 9.18 Å². The van der Waals surface area contributed by atoms with Crippen molar-refractivity contribution in [2.75, 3.05) is 24.3 Å². The first-order chi connectivity index (χ1) is 15.0. The van der Waals surface area contributed by atoms with Crippen molar-refractivity contribution in [2.45, 2.75) is 37.8 Å². The number of fused-ring (bicyclic) bond motifs is 1. The van der Waals surface area contributed by atoms with Crippen LogP contribution in [0.2, 0.25) is 0 Å². The average Bonchev–Trinajstić information content (AvgIpc) is 2.79. The first-order valence-corrected chi connectivity index (χ1v) is 10.5. The minimum absolute atomic E-state index is 0.00403. The highest BCUT2D eigenvalue weighted by Crippen LogP contribution is 2.31. The van der Waals surface area contributed by atoms with E-state index in [2.05, 4.69) is 20.6 Å². The van der Waals surface area contributed by atoms with Gasteiger partial charge in [-0.05, 0) is 38.1 Å². The van der Waals surface area contributed by atoms with Crippen molar-refractivity contribution >= 4 is 34.1 Å². The van der Waals surface area contributed by atoms with Crippen LogP contribution in [0.15, 0.2) is 42.6 Å². The van der Waals surface area contributed by atoms with Crippen LogP contribution in [0.5, 0.6) is 0 Å². The van der Waals surface area contributed by atoms with Gasteiger partial charge in [0.1, 0.15) is 5.82 Å². The number of carbonyl (C=O) groups is 1. The molecule has 1 saturated carbocycles. The van der Waals surface area contributed by atoms with Crippen molar-refractivity contribution in [3.8, 4) is 0 Å². The number of aromatic nitrogens is 2. The Kier molecular flexibility index (Phi) is 5.99. The monoisotopic (exact) mass is 422 g/mol. The molecule has 1 aromatic carbocycles. The molecule has 31 heavy (non-hydrogen) atoms. The predicted octanol–water partition coefficient (Wildman–Crippen LogP) is 3.58. The van der Waals surface area contributed by atoms with E-state index in [9.17, 15) is 4.79 Å². The smallest absolute Gasteiger partial charge is 0.252 e. The zero-order valence-corrected chi connectivity index (χ0v) is 17.7. The summed E-state index contributed by atoms with van der Waals surface area (Å²) in [6.45, 7) is 0. The van der Waals surface area contributed by atoms with Gasteiger partial charge >= 0.3 is 0 Å². The van der Waals surface area contributed by atoms with Crippen molar-refractivity contribution in [2.24, 2.45) is 5.73 Å². The highest BCUT2D eigenvalue weighted by atomic mass is 19.1. The quantitative estimate of drug-likeness (QED) is 0.562. The van der Waals surface area contributed by atoms with Crippen LogP contribution in [0.25, 0.3) is 10.9 Å². The van der Waals surface area contributed by atoms with Gasteiger partial charge in [0, 0.05) is 30.7 Å². The number of halogens is 1. The van der Waals surface area contributed by atoms with Gasteiger partial charge < -0.3 is 21.3 Å². The third kappa shape index (κ3) is 4.16. The van der Waals surface area contributed by atoms with Gasteiger partial charge in [-0.3, -0.25) is 9.78 Å². The lowest BCUT2D eigenvalue weighted by Crippen LogP contribution is -2.50. The molecular weight excluding hydrogens is 395 g/mol. The van der Waals surface area contributed by atoms with Crippen LogP contribution >= 0.6 is 0 Å². The first-order valence-electron chi connectivity index (χ1n) is 10.5. The number of primary amides is 1. The maximum atomic E-state index is 15.0. The Bertz CT molecular complexity index is 1100. The molecule has 1 aliphatic rings. The summed E-state index contributed by atoms with van der Waals surface area (Å²) in [6, 6.07) is 10.9. The molecule has 7 nitrogen and oxygen atoms in total. The molecule has 0 saturated heterocycles. The fourth-order valence-electron chi connectivity index (χ4n) is 4.41. The molecule has 0 bridgehead atoms. The number of nitrogens with zero attached hydrogens (tertiary/aromatic N) is 3. The Morgan fingerprint density at radius 3 is 2.77 bits per heavy atom. The largest absolute Gasteiger partial charge is 0.365 e. The van der Waals surface area contributed by atoms with Crippen molar-refractivity contribution in [1.29, 1.82) is 0 Å². The Morgan fingerprint density at radius 2 is 2.00 bits per heavy atom. The summed E-state index contributed by atoms with van der Waals surface area (Å²) in [5.41, 5.74) is 7.06. The summed E-state index contributed by atoms with van der Waals surface area (Å²) in [5, 5.41) is 7.39. The number of amides is 1. The number of nitrogens with two attached hydrogens (primary N) is 1. The number of rotatable bonds is 6. The summed E-state index contributed by atoms with van der Waals surface area (Å²) >= 11 is 0. The molecule has 0 spiro atoms. The lowest BCUT2D eigenvalue weighted by atomic mass is 9.89. The van der Waals surface area contributed by atoms with Crippen LogP contribution in [0.4, 0.5) is 21.7 Å². The maximum absolute atomic E-state index is 15.0. The summed E-state index contributed by atoms with van der Waals surface area (Å²) in [6.07, 6.45) is 5.88. The Morgan fingerprint density at radius 1 is 1.23 bits per heavy atom. The van der Waals surface area contributed by atoms with Crippen molar-refractivity contribution in [1.82, 2.24) is 15.3 Å². The zero-order valence-electron chi connectivity index (χ0n) is 17.7. The zero-order chi connectivity index (χ0) is 22.0. The third-order valence-corrected chi connectivity index (χ3v) is 6.06. The maximum Gasteiger partial charge on any atom is 0.252 e. The SMILES string of the molecule is CNC1CCCCC1N(C)c1nc(Nc2ccnc3ccccc23)c(C(N)=O)cc1F. The van der Waals surface area contributed by atoms with E-state index >= 15 is 4.39 Å². The van der Waals surface area contributed by atoms with E-state index in [1.54, 1.807) is 12.3 Å². The van der Waals surface area contributed by atoms with E-state index in [0.717, 1.165) is 36.6 Å². The van der Waals surface area contributed by atoms with Gasteiger partial charge in [0.2, 0.25) is 0 Å². The molecule has 2 unspecified atom stereocenters. The normalized spacial score (nSPS) is 18.7. The summed E-state index contributed by atoms with van der Waals surface area (Å²) in [4.78, 5) is 22.8. The molecule has 162 valence electrons. The van der Waals surface area contributed by atoms with Crippen LogP contribution in [0.3, 0.4) is 0 Å². The van der Waals surface area contributed by atoms with E-state index in [-0.39, 0.29) is 29.3 Å². The molecule has 2 atom stereocenters. The van der Waals surface area contributed by atoms with E-state index in [0.29, 0.717) is 5.69 Å².